The summed E-state index contributed by atoms with van der Waals surface area (Å²) in [5.74, 6) is 1.01. The molecule has 0 amide bonds. The molecular weight excluding hydrogens is 234 g/mol. The molecule has 0 aliphatic rings. The van der Waals surface area contributed by atoms with E-state index in [-0.39, 0.29) is 6.04 Å². The lowest BCUT2D eigenvalue weighted by Crippen LogP contribution is -2.24. The van der Waals surface area contributed by atoms with Crippen LogP contribution in [0.15, 0.2) is 12.4 Å². The van der Waals surface area contributed by atoms with Crippen LogP contribution in [0.25, 0.3) is 0 Å². The lowest BCUT2D eigenvalue weighted by molar-refractivity contribution is 0.579. The van der Waals surface area contributed by atoms with E-state index >= 15 is 0 Å². The van der Waals surface area contributed by atoms with Crippen molar-refractivity contribution in [3.8, 4) is 0 Å². The summed E-state index contributed by atoms with van der Waals surface area (Å²) in [6.07, 6.45) is 4.68. The zero-order valence-electron chi connectivity index (χ0n) is 10.3. The molecule has 0 saturated heterocycles. The average molecular weight is 251 g/mol. The summed E-state index contributed by atoms with van der Waals surface area (Å²) in [5, 5.41) is 7.62. The van der Waals surface area contributed by atoms with Crippen LogP contribution in [0.3, 0.4) is 0 Å². The normalized spacial score (nSPS) is 12.9. The molecule has 0 aliphatic carbocycles. The van der Waals surface area contributed by atoms with Gasteiger partial charge in [-0.3, -0.25) is 0 Å². The third-order valence-electron chi connectivity index (χ3n) is 2.71. The molecule has 0 spiro atoms. The van der Waals surface area contributed by atoms with Crippen LogP contribution in [0, 0.1) is 0 Å². The molecule has 0 radical (unpaired) electrons. The summed E-state index contributed by atoms with van der Waals surface area (Å²) in [7, 11) is 2.01. The second-order valence-corrected chi connectivity index (χ2v) is 4.61. The second-order valence-electron chi connectivity index (χ2n) is 3.82. The van der Waals surface area contributed by atoms with Crippen LogP contribution in [0.4, 0.5) is 0 Å². The number of hydrogen-bond donors (Lipinski definition) is 1. The van der Waals surface area contributed by atoms with Gasteiger partial charge < -0.3 is 9.88 Å². The Morgan fingerprint density at radius 1 is 1.47 bits per heavy atom. The fourth-order valence-corrected chi connectivity index (χ4v) is 2.65. The molecule has 0 saturated carbocycles. The van der Waals surface area contributed by atoms with Crippen LogP contribution >= 0.6 is 11.5 Å². The van der Waals surface area contributed by atoms with E-state index < -0.39 is 0 Å². The standard InChI is InChI=1S/C11H17N5S/c1-4-8-10(17-15-14-8)9(12-5-2)11-13-6-7-16(11)3/h6-7,9,12H,4-5H2,1-3H3. The number of hydrogen-bond acceptors (Lipinski definition) is 5. The Bertz CT molecular complexity index is 476. The third kappa shape index (κ3) is 2.37. The molecule has 1 unspecified atom stereocenters. The van der Waals surface area contributed by atoms with Gasteiger partial charge in [0.05, 0.1) is 10.6 Å². The predicted molar refractivity (Wildman–Crippen MR) is 68.0 cm³/mol. The molecule has 17 heavy (non-hydrogen) atoms. The molecule has 2 aromatic heterocycles. The van der Waals surface area contributed by atoms with Gasteiger partial charge in [-0.1, -0.05) is 18.3 Å². The monoisotopic (exact) mass is 251 g/mol. The number of aromatic nitrogens is 4. The summed E-state index contributed by atoms with van der Waals surface area (Å²) in [6, 6.07) is 0.0925. The molecule has 2 aromatic rings. The number of nitrogens with one attached hydrogen (secondary N) is 1. The molecule has 2 heterocycles. The zero-order valence-corrected chi connectivity index (χ0v) is 11.2. The quantitative estimate of drug-likeness (QED) is 0.875. The van der Waals surface area contributed by atoms with Crippen molar-refractivity contribution in [2.75, 3.05) is 6.54 Å². The van der Waals surface area contributed by atoms with E-state index in [1.165, 1.54) is 16.4 Å². The minimum Gasteiger partial charge on any atom is -0.336 e. The Balaban J connectivity index is 2.39. The average Bonchev–Trinajstić information content (AvgIpc) is 2.94. The van der Waals surface area contributed by atoms with Gasteiger partial charge in [-0.05, 0) is 24.5 Å². The lowest BCUT2D eigenvalue weighted by atomic mass is 10.1. The number of imidazole rings is 1. The molecule has 0 aliphatic heterocycles. The van der Waals surface area contributed by atoms with Crippen LogP contribution in [0.5, 0.6) is 0 Å². The maximum atomic E-state index is 4.42. The summed E-state index contributed by atoms with van der Waals surface area (Å²) < 4.78 is 6.08. The van der Waals surface area contributed by atoms with E-state index in [1.807, 2.05) is 24.0 Å². The van der Waals surface area contributed by atoms with Crippen LogP contribution in [-0.2, 0) is 13.5 Å². The van der Waals surface area contributed by atoms with Crippen molar-refractivity contribution >= 4 is 11.5 Å². The van der Waals surface area contributed by atoms with Crippen molar-refractivity contribution in [3.05, 3.63) is 28.8 Å². The molecule has 1 atom stereocenters. The third-order valence-corrected chi connectivity index (χ3v) is 3.54. The maximum absolute atomic E-state index is 4.42. The highest BCUT2D eigenvalue weighted by atomic mass is 32.1. The highest BCUT2D eigenvalue weighted by Gasteiger charge is 2.22. The number of rotatable bonds is 5. The molecular formula is C11H17N5S. The van der Waals surface area contributed by atoms with Gasteiger partial charge in [-0.2, -0.15) is 0 Å². The van der Waals surface area contributed by atoms with Gasteiger partial charge in [0.1, 0.15) is 11.9 Å². The Hall–Kier alpha value is -1.27. The SMILES string of the molecule is CCNC(c1snnc1CC)c1nccn1C. The molecule has 6 heteroatoms. The van der Waals surface area contributed by atoms with Gasteiger partial charge in [-0.25, -0.2) is 4.98 Å². The van der Waals surface area contributed by atoms with Crippen LogP contribution in [-0.4, -0.2) is 25.7 Å². The smallest absolute Gasteiger partial charge is 0.131 e. The summed E-state index contributed by atoms with van der Waals surface area (Å²) in [6.45, 7) is 5.08. The fourth-order valence-electron chi connectivity index (χ4n) is 1.84. The van der Waals surface area contributed by atoms with E-state index in [4.69, 9.17) is 0 Å². The molecule has 0 fully saturated rings. The van der Waals surface area contributed by atoms with Crippen LogP contribution in [0.2, 0.25) is 0 Å². The van der Waals surface area contributed by atoms with Crippen LogP contribution in [0.1, 0.15) is 36.3 Å². The Morgan fingerprint density at radius 3 is 2.88 bits per heavy atom. The zero-order chi connectivity index (χ0) is 12.3. The minimum atomic E-state index is 0.0925. The summed E-state index contributed by atoms with van der Waals surface area (Å²) >= 11 is 1.45. The molecule has 5 nitrogen and oxygen atoms in total. The molecule has 1 N–H and O–H groups in total. The Kier molecular flexibility index (Phi) is 3.86. The van der Waals surface area contributed by atoms with Crippen molar-refractivity contribution in [1.29, 1.82) is 0 Å². The van der Waals surface area contributed by atoms with Crippen molar-refractivity contribution in [3.63, 3.8) is 0 Å². The van der Waals surface area contributed by atoms with E-state index in [2.05, 4.69) is 33.7 Å². The van der Waals surface area contributed by atoms with Gasteiger partial charge in [-0.15, -0.1) is 5.10 Å². The topological polar surface area (TPSA) is 55.6 Å². The number of nitrogens with zero attached hydrogens (tertiary/aromatic N) is 4. The van der Waals surface area contributed by atoms with Gasteiger partial charge in [0.15, 0.2) is 0 Å². The van der Waals surface area contributed by atoms with Crippen molar-refractivity contribution in [2.24, 2.45) is 7.05 Å². The van der Waals surface area contributed by atoms with E-state index in [1.54, 1.807) is 0 Å². The second kappa shape index (κ2) is 5.37. The highest BCUT2D eigenvalue weighted by molar-refractivity contribution is 7.05. The summed E-state index contributed by atoms with van der Waals surface area (Å²) in [5.41, 5.74) is 1.06. The van der Waals surface area contributed by atoms with Crippen molar-refractivity contribution in [1.82, 2.24) is 24.5 Å². The van der Waals surface area contributed by atoms with E-state index in [0.29, 0.717) is 0 Å². The summed E-state index contributed by atoms with van der Waals surface area (Å²) in [4.78, 5) is 5.59. The molecule has 2 rings (SSSR count). The fraction of sp³-hybridized carbons (Fsp3) is 0.545. The Morgan fingerprint density at radius 2 is 2.29 bits per heavy atom. The van der Waals surface area contributed by atoms with Crippen molar-refractivity contribution in [2.45, 2.75) is 26.3 Å². The minimum absolute atomic E-state index is 0.0925. The largest absolute Gasteiger partial charge is 0.336 e. The maximum Gasteiger partial charge on any atom is 0.131 e. The number of aryl methyl sites for hydroxylation is 2. The first-order chi connectivity index (χ1) is 8.27. The van der Waals surface area contributed by atoms with Crippen LogP contribution < -0.4 is 5.32 Å². The Labute approximate surface area is 105 Å². The van der Waals surface area contributed by atoms with E-state index in [0.717, 1.165) is 24.5 Å². The molecule has 0 aromatic carbocycles. The first-order valence-electron chi connectivity index (χ1n) is 5.79. The van der Waals surface area contributed by atoms with Gasteiger partial charge in [0.25, 0.3) is 0 Å². The molecule has 0 bridgehead atoms. The first-order valence-corrected chi connectivity index (χ1v) is 6.57. The first kappa shape index (κ1) is 12.2. The predicted octanol–water partition coefficient (Wildman–Crippen LogP) is 1.53. The lowest BCUT2D eigenvalue weighted by Gasteiger charge is -2.16. The van der Waals surface area contributed by atoms with Gasteiger partial charge >= 0.3 is 0 Å². The van der Waals surface area contributed by atoms with Gasteiger partial charge in [0.2, 0.25) is 0 Å². The van der Waals surface area contributed by atoms with E-state index in [9.17, 15) is 0 Å². The van der Waals surface area contributed by atoms with Gasteiger partial charge in [0, 0.05) is 19.4 Å². The molecule has 92 valence electrons. The van der Waals surface area contributed by atoms with Crippen molar-refractivity contribution < 1.29 is 0 Å². The highest BCUT2D eigenvalue weighted by Crippen LogP contribution is 2.25.